The maximum absolute atomic E-state index is 10.1. The highest BCUT2D eigenvalue weighted by molar-refractivity contribution is 5.04. The van der Waals surface area contributed by atoms with Crippen molar-refractivity contribution in [2.24, 2.45) is 28.6 Å². The van der Waals surface area contributed by atoms with Crippen molar-refractivity contribution in [2.75, 3.05) is 0 Å². The van der Waals surface area contributed by atoms with E-state index in [1.165, 1.54) is 38.5 Å². The van der Waals surface area contributed by atoms with Gasteiger partial charge in [0, 0.05) is 0 Å². The van der Waals surface area contributed by atoms with E-state index in [1.54, 1.807) is 0 Å². The predicted octanol–water partition coefficient (Wildman–Crippen LogP) is 4.39. The molecular formula is C17H30O. The number of hydrogen-bond donors (Lipinski definition) is 1. The summed E-state index contributed by atoms with van der Waals surface area (Å²) in [6.07, 6.45) is 10.5. The first kappa shape index (κ1) is 13.0. The molecule has 1 N–H and O–H groups in total. The average molecular weight is 250 g/mol. The molecular weight excluding hydrogens is 220 g/mol. The summed E-state index contributed by atoms with van der Waals surface area (Å²) in [5.41, 5.74) is 1.05. The van der Waals surface area contributed by atoms with Crippen LogP contribution in [0, 0.1) is 28.6 Å². The van der Waals surface area contributed by atoms with Gasteiger partial charge in [-0.1, -0.05) is 27.2 Å². The van der Waals surface area contributed by atoms with Crippen LogP contribution < -0.4 is 0 Å². The Morgan fingerprint density at radius 1 is 0.944 bits per heavy atom. The third kappa shape index (κ3) is 1.85. The molecule has 0 aromatic carbocycles. The lowest BCUT2D eigenvalue weighted by atomic mass is 9.44. The highest BCUT2D eigenvalue weighted by Crippen LogP contribution is 2.63. The molecule has 0 radical (unpaired) electrons. The van der Waals surface area contributed by atoms with Crippen molar-refractivity contribution >= 4 is 0 Å². The molecule has 0 aliphatic heterocycles. The highest BCUT2D eigenvalue weighted by atomic mass is 16.3. The van der Waals surface area contributed by atoms with Crippen LogP contribution in [0.15, 0.2) is 0 Å². The molecule has 5 atom stereocenters. The van der Waals surface area contributed by atoms with E-state index in [1.807, 2.05) is 0 Å². The second kappa shape index (κ2) is 4.23. The molecule has 104 valence electrons. The summed E-state index contributed by atoms with van der Waals surface area (Å²) in [5, 5.41) is 10.1. The molecule has 0 bridgehead atoms. The van der Waals surface area contributed by atoms with Crippen molar-refractivity contribution in [2.45, 2.75) is 78.2 Å². The van der Waals surface area contributed by atoms with Crippen LogP contribution in [-0.2, 0) is 0 Å². The second-order valence-electron chi connectivity index (χ2n) is 8.31. The first-order chi connectivity index (χ1) is 8.43. The Labute approximate surface area is 112 Å². The molecule has 0 saturated heterocycles. The molecule has 0 unspecified atom stereocenters. The summed E-state index contributed by atoms with van der Waals surface area (Å²) >= 11 is 0. The minimum Gasteiger partial charge on any atom is -0.393 e. The Morgan fingerprint density at radius 2 is 1.67 bits per heavy atom. The van der Waals surface area contributed by atoms with Gasteiger partial charge in [0.25, 0.3) is 0 Å². The molecule has 1 nitrogen and oxygen atoms in total. The number of hydrogen-bond acceptors (Lipinski definition) is 1. The summed E-state index contributed by atoms with van der Waals surface area (Å²) in [6.45, 7) is 7.55. The van der Waals surface area contributed by atoms with E-state index in [-0.39, 0.29) is 6.10 Å². The molecule has 3 aliphatic carbocycles. The summed E-state index contributed by atoms with van der Waals surface area (Å²) in [4.78, 5) is 0. The van der Waals surface area contributed by atoms with Gasteiger partial charge in [-0.25, -0.2) is 0 Å². The van der Waals surface area contributed by atoms with Crippen LogP contribution in [0.4, 0.5) is 0 Å². The minimum absolute atomic E-state index is 0.00753. The van der Waals surface area contributed by atoms with Gasteiger partial charge in [0.15, 0.2) is 0 Å². The minimum atomic E-state index is -0.00753. The molecule has 3 rings (SSSR count). The van der Waals surface area contributed by atoms with Crippen LogP contribution in [0.2, 0.25) is 0 Å². The third-order valence-corrected chi connectivity index (χ3v) is 6.91. The number of rotatable bonds is 0. The van der Waals surface area contributed by atoms with Gasteiger partial charge in [0.2, 0.25) is 0 Å². The first-order valence-corrected chi connectivity index (χ1v) is 8.11. The van der Waals surface area contributed by atoms with Crippen molar-refractivity contribution in [1.82, 2.24) is 0 Å². The second-order valence-corrected chi connectivity index (χ2v) is 8.31. The van der Waals surface area contributed by atoms with Crippen LogP contribution in [0.5, 0.6) is 0 Å². The van der Waals surface area contributed by atoms with Gasteiger partial charge in [0.1, 0.15) is 0 Å². The van der Waals surface area contributed by atoms with Crippen LogP contribution in [0.25, 0.3) is 0 Å². The monoisotopic (exact) mass is 250 g/mol. The zero-order valence-electron chi connectivity index (χ0n) is 12.4. The number of aliphatic hydroxyl groups is 1. The number of fused-ring (bicyclic) bond motifs is 3. The zero-order valence-corrected chi connectivity index (χ0v) is 12.4. The summed E-state index contributed by atoms with van der Waals surface area (Å²) < 4.78 is 0. The van der Waals surface area contributed by atoms with Gasteiger partial charge in [-0.05, 0) is 73.5 Å². The van der Waals surface area contributed by atoms with E-state index in [4.69, 9.17) is 0 Å². The van der Waals surface area contributed by atoms with Crippen LogP contribution in [-0.4, -0.2) is 11.2 Å². The summed E-state index contributed by atoms with van der Waals surface area (Å²) in [5.74, 6) is 2.62. The fraction of sp³-hybridized carbons (Fsp3) is 1.00. The van der Waals surface area contributed by atoms with Gasteiger partial charge in [-0.3, -0.25) is 0 Å². The van der Waals surface area contributed by atoms with Gasteiger partial charge < -0.3 is 5.11 Å². The van der Waals surface area contributed by atoms with Gasteiger partial charge in [-0.2, -0.15) is 0 Å². The molecule has 1 heteroatoms. The maximum atomic E-state index is 10.1. The van der Waals surface area contributed by atoms with E-state index in [0.717, 1.165) is 30.6 Å². The van der Waals surface area contributed by atoms with E-state index in [0.29, 0.717) is 10.8 Å². The smallest absolute Gasteiger partial charge is 0.0543 e. The summed E-state index contributed by atoms with van der Waals surface area (Å²) in [6, 6.07) is 0. The zero-order chi connectivity index (χ0) is 13.0. The van der Waals surface area contributed by atoms with Gasteiger partial charge in [0.05, 0.1) is 6.10 Å². The molecule has 0 spiro atoms. The summed E-state index contributed by atoms with van der Waals surface area (Å²) in [7, 11) is 0. The Balaban J connectivity index is 1.90. The van der Waals surface area contributed by atoms with Crippen molar-refractivity contribution in [3.63, 3.8) is 0 Å². The van der Waals surface area contributed by atoms with Crippen molar-refractivity contribution < 1.29 is 5.11 Å². The Morgan fingerprint density at radius 3 is 2.44 bits per heavy atom. The molecule has 18 heavy (non-hydrogen) atoms. The quantitative estimate of drug-likeness (QED) is 0.676. The molecule has 0 aromatic rings. The SMILES string of the molecule is CC1(C)CCC[C@]2(C)[C@H]3C[C@@H](O)CC[C@@H]3CC[C@@H]12. The van der Waals surface area contributed by atoms with Crippen LogP contribution in [0.1, 0.15) is 72.1 Å². The first-order valence-electron chi connectivity index (χ1n) is 8.11. The van der Waals surface area contributed by atoms with Crippen molar-refractivity contribution in [3.05, 3.63) is 0 Å². The Bertz CT molecular complexity index is 322. The molecule has 3 saturated carbocycles. The Kier molecular flexibility index (Phi) is 3.05. The normalized spacial score (nSPS) is 51.3. The van der Waals surface area contributed by atoms with Crippen LogP contribution in [0.3, 0.4) is 0 Å². The largest absolute Gasteiger partial charge is 0.393 e. The average Bonchev–Trinajstić information content (AvgIpc) is 2.29. The van der Waals surface area contributed by atoms with Gasteiger partial charge in [-0.15, -0.1) is 0 Å². The lowest BCUT2D eigenvalue weighted by molar-refractivity contribution is -0.124. The van der Waals surface area contributed by atoms with E-state index < -0.39 is 0 Å². The van der Waals surface area contributed by atoms with E-state index in [2.05, 4.69) is 20.8 Å². The lowest BCUT2D eigenvalue weighted by Gasteiger charge is -2.61. The predicted molar refractivity (Wildman–Crippen MR) is 75.3 cm³/mol. The molecule has 0 aromatic heterocycles. The topological polar surface area (TPSA) is 20.2 Å². The number of aliphatic hydroxyl groups excluding tert-OH is 1. The van der Waals surface area contributed by atoms with E-state index >= 15 is 0 Å². The maximum Gasteiger partial charge on any atom is 0.0543 e. The molecule has 0 heterocycles. The lowest BCUT2D eigenvalue weighted by Crippen LogP contribution is -2.53. The van der Waals surface area contributed by atoms with Crippen molar-refractivity contribution in [1.29, 1.82) is 0 Å². The molecule has 3 aliphatic rings. The highest BCUT2D eigenvalue weighted by Gasteiger charge is 2.55. The van der Waals surface area contributed by atoms with Crippen LogP contribution >= 0.6 is 0 Å². The Hall–Kier alpha value is -0.0400. The van der Waals surface area contributed by atoms with Gasteiger partial charge >= 0.3 is 0 Å². The standard InChI is InChI=1S/C17H30O/c1-16(2)9-4-10-17(3)14-11-13(18)7-5-12(14)6-8-15(16)17/h12-15,18H,4-11H2,1-3H3/t12-,13+,14+,15+,17-/m1/s1. The fourth-order valence-corrected chi connectivity index (χ4v) is 6.08. The van der Waals surface area contributed by atoms with Crippen molar-refractivity contribution in [3.8, 4) is 0 Å². The molecule has 0 amide bonds. The molecule has 3 fully saturated rings. The fourth-order valence-electron chi connectivity index (χ4n) is 6.08. The third-order valence-electron chi connectivity index (χ3n) is 6.91. The van der Waals surface area contributed by atoms with E-state index in [9.17, 15) is 5.11 Å².